The van der Waals surface area contributed by atoms with E-state index in [1.165, 1.54) is 37.3 Å². The number of hydrogen-bond acceptors (Lipinski definition) is 1. The number of halogens is 4. The van der Waals surface area contributed by atoms with Crippen molar-refractivity contribution in [2.45, 2.75) is 52.1 Å². The van der Waals surface area contributed by atoms with Crippen LogP contribution in [0.4, 0.5) is 17.6 Å². The largest absolute Gasteiger partial charge is 0.432 e. The highest BCUT2D eigenvalue weighted by molar-refractivity contribution is 5.85. The fraction of sp³-hybridized carbons (Fsp3) is 0.308. The number of rotatable bonds is 8. The van der Waals surface area contributed by atoms with E-state index < -0.39 is 24.0 Å². The van der Waals surface area contributed by atoms with Crippen molar-refractivity contribution >= 4 is 10.8 Å². The molecular formula is C26H24F4O. The van der Waals surface area contributed by atoms with E-state index in [0.29, 0.717) is 5.39 Å². The molecule has 0 bridgehead atoms. The predicted octanol–water partition coefficient (Wildman–Crippen LogP) is 7.63. The molecule has 0 aliphatic rings. The van der Waals surface area contributed by atoms with Crippen molar-refractivity contribution in [2.24, 2.45) is 0 Å². The van der Waals surface area contributed by atoms with Crippen molar-refractivity contribution in [3.05, 3.63) is 76.9 Å². The minimum Gasteiger partial charge on any atom is -0.432 e. The van der Waals surface area contributed by atoms with E-state index in [2.05, 4.69) is 23.5 Å². The van der Waals surface area contributed by atoms with E-state index in [9.17, 15) is 17.6 Å². The van der Waals surface area contributed by atoms with E-state index in [-0.39, 0.29) is 11.1 Å². The molecule has 3 aromatic rings. The van der Waals surface area contributed by atoms with Crippen molar-refractivity contribution in [1.82, 2.24) is 0 Å². The molecule has 0 aliphatic carbocycles. The second-order valence-electron chi connectivity index (χ2n) is 7.42. The van der Waals surface area contributed by atoms with Crippen LogP contribution in [0.25, 0.3) is 10.8 Å². The van der Waals surface area contributed by atoms with Gasteiger partial charge in [-0.1, -0.05) is 68.7 Å². The van der Waals surface area contributed by atoms with Crippen LogP contribution >= 0.6 is 0 Å². The number of aryl methyl sites for hydroxylation is 1. The number of hydrogen-bond donors (Lipinski definition) is 0. The predicted molar refractivity (Wildman–Crippen MR) is 115 cm³/mol. The minimum absolute atomic E-state index is 0.188. The molecule has 0 N–H and O–H groups in total. The Labute approximate surface area is 180 Å². The molecule has 0 unspecified atom stereocenters. The van der Waals surface area contributed by atoms with E-state index >= 15 is 0 Å². The molecule has 0 spiro atoms. The molecule has 0 amide bonds. The van der Waals surface area contributed by atoms with E-state index in [0.717, 1.165) is 30.4 Å². The Hall–Kier alpha value is -3.00. The summed E-state index contributed by atoms with van der Waals surface area (Å²) < 4.78 is 57.2. The average molecular weight is 428 g/mol. The lowest BCUT2D eigenvalue weighted by molar-refractivity contribution is -0.0521. The van der Waals surface area contributed by atoms with Gasteiger partial charge in [0.05, 0.1) is 5.56 Å². The van der Waals surface area contributed by atoms with E-state index in [1.807, 2.05) is 18.2 Å². The van der Waals surface area contributed by atoms with Crippen LogP contribution < -0.4 is 4.74 Å². The molecule has 0 aromatic heterocycles. The molecule has 3 rings (SSSR count). The fourth-order valence-corrected chi connectivity index (χ4v) is 3.44. The van der Waals surface area contributed by atoms with Gasteiger partial charge in [0, 0.05) is 10.9 Å². The first-order chi connectivity index (χ1) is 15.0. The second kappa shape index (κ2) is 10.9. The van der Waals surface area contributed by atoms with Gasteiger partial charge in [-0.2, -0.15) is 8.78 Å². The van der Waals surface area contributed by atoms with E-state index in [1.54, 1.807) is 12.1 Å². The zero-order valence-electron chi connectivity index (χ0n) is 17.4. The molecule has 0 radical (unpaired) electrons. The van der Waals surface area contributed by atoms with Gasteiger partial charge in [0.1, 0.15) is 5.82 Å². The third-order valence-corrected chi connectivity index (χ3v) is 5.08. The van der Waals surface area contributed by atoms with Crippen molar-refractivity contribution in [1.29, 1.82) is 0 Å². The van der Waals surface area contributed by atoms with Gasteiger partial charge >= 0.3 is 6.61 Å². The van der Waals surface area contributed by atoms with Crippen molar-refractivity contribution < 1.29 is 22.3 Å². The highest BCUT2D eigenvalue weighted by Crippen LogP contribution is 2.24. The zero-order chi connectivity index (χ0) is 22.2. The maximum Gasteiger partial charge on any atom is 0.387 e. The molecule has 0 atom stereocenters. The molecule has 1 nitrogen and oxygen atoms in total. The quantitative estimate of drug-likeness (QED) is 0.204. The van der Waals surface area contributed by atoms with Crippen LogP contribution in [0.5, 0.6) is 5.75 Å². The highest BCUT2D eigenvalue weighted by atomic mass is 19.3. The maximum absolute atomic E-state index is 14.9. The Bertz CT molecular complexity index is 1100. The van der Waals surface area contributed by atoms with Crippen molar-refractivity contribution in [2.75, 3.05) is 0 Å². The Morgan fingerprint density at radius 3 is 2.42 bits per heavy atom. The van der Waals surface area contributed by atoms with Gasteiger partial charge in [-0.3, -0.25) is 0 Å². The van der Waals surface area contributed by atoms with Crippen LogP contribution in [0.2, 0.25) is 0 Å². The van der Waals surface area contributed by atoms with Gasteiger partial charge in [-0.25, -0.2) is 8.78 Å². The highest BCUT2D eigenvalue weighted by Gasteiger charge is 2.10. The third-order valence-electron chi connectivity index (χ3n) is 5.08. The van der Waals surface area contributed by atoms with Crippen LogP contribution in [0.1, 0.15) is 55.7 Å². The van der Waals surface area contributed by atoms with Crippen LogP contribution in [0.3, 0.4) is 0 Å². The third kappa shape index (κ3) is 6.24. The Morgan fingerprint density at radius 2 is 1.68 bits per heavy atom. The monoisotopic (exact) mass is 428 g/mol. The average Bonchev–Trinajstić information content (AvgIpc) is 2.74. The molecule has 3 aromatic carbocycles. The Balaban J connectivity index is 1.75. The molecular weight excluding hydrogens is 404 g/mol. The lowest BCUT2D eigenvalue weighted by atomic mass is 10.00. The van der Waals surface area contributed by atoms with Crippen LogP contribution in [-0.4, -0.2) is 6.61 Å². The van der Waals surface area contributed by atoms with E-state index in [4.69, 9.17) is 0 Å². The number of unbranched alkanes of at least 4 members (excludes halogenated alkanes) is 4. The summed E-state index contributed by atoms with van der Waals surface area (Å²) in [6.07, 6.45) is 7.01. The Kier molecular flexibility index (Phi) is 7.94. The lowest BCUT2D eigenvalue weighted by Gasteiger charge is -2.06. The first kappa shape index (κ1) is 22.7. The van der Waals surface area contributed by atoms with Gasteiger partial charge in [-0.05, 0) is 48.1 Å². The summed E-state index contributed by atoms with van der Waals surface area (Å²) in [4.78, 5) is 0. The maximum atomic E-state index is 14.9. The molecule has 5 heteroatoms. The Morgan fingerprint density at radius 1 is 0.871 bits per heavy atom. The molecule has 162 valence electrons. The normalized spacial score (nSPS) is 10.9. The van der Waals surface area contributed by atoms with Gasteiger partial charge in [0.2, 0.25) is 0 Å². The minimum atomic E-state index is -3.11. The van der Waals surface area contributed by atoms with Gasteiger partial charge in [-0.15, -0.1) is 0 Å². The smallest absolute Gasteiger partial charge is 0.387 e. The summed E-state index contributed by atoms with van der Waals surface area (Å²) in [6, 6.07) is 12.5. The first-order valence-corrected chi connectivity index (χ1v) is 10.5. The van der Waals surface area contributed by atoms with Crippen LogP contribution in [0.15, 0.2) is 48.5 Å². The lowest BCUT2D eigenvalue weighted by Crippen LogP contribution is -2.03. The van der Waals surface area contributed by atoms with Crippen LogP contribution in [0, 0.1) is 23.5 Å². The van der Waals surface area contributed by atoms with Crippen LogP contribution in [-0.2, 0) is 6.42 Å². The molecule has 0 fully saturated rings. The number of benzene rings is 3. The molecule has 0 saturated heterocycles. The molecule has 0 heterocycles. The summed E-state index contributed by atoms with van der Waals surface area (Å²) in [5.74, 6) is 3.43. The second-order valence-corrected chi connectivity index (χ2v) is 7.42. The van der Waals surface area contributed by atoms with Gasteiger partial charge in [0.25, 0.3) is 0 Å². The number of alkyl halides is 2. The summed E-state index contributed by atoms with van der Waals surface area (Å²) >= 11 is 0. The zero-order valence-corrected chi connectivity index (χ0v) is 17.4. The van der Waals surface area contributed by atoms with Crippen molar-refractivity contribution in [3.63, 3.8) is 0 Å². The first-order valence-electron chi connectivity index (χ1n) is 10.5. The fourth-order valence-electron chi connectivity index (χ4n) is 3.44. The molecule has 0 aliphatic heterocycles. The molecule has 0 saturated carbocycles. The summed E-state index contributed by atoms with van der Waals surface area (Å²) in [7, 11) is 0. The summed E-state index contributed by atoms with van der Waals surface area (Å²) in [5.41, 5.74) is 1.61. The molecule has 31 heavy (non-hydrogen) atoms. The topological polar surface area (TPSA) is 9.23 Å². The summed E-state index contributed by atoms with van der Waals surface area (Å²) in [5, 5.41) is 1.29. The summed E-state index contributed by atoms with van der Waals surface area (Å²) in [6.45, 7) is -0.921. The number of ether oxygens (including phenoxy) is 1. The SMILES string of the molecule is CCCCCCCc1ccc2c(F)c(C#Cc3ccc(OC(F)F)c(F)c3)ccc2c1. The van der Waals surface area contributed by atoms with Gasteiger partial charge in [0.15, 0.2) is 11.6 Å². The van der Waals surface area contributed by atoms with Crippen molar-refractivity contribution in [3.8, 4) is 17.6 Å². The standard InChI is InChI=1S/C26H24F4O/c1-2-3-4-5-6-7-18-9-14-22-21(16-18)13-12-20(25(22)28)11-8-19-10-15-24(23(27)17-19)31-26(29)30/h9-10,12-17,26H,2-7H2,1H3. The number of fused-ring (bicyclic) bond motifs is 1. The van der Waals surface area contributed by atoms with Gasteiger partial charge < -0.3 is 4.74 Å².